The van der Waals surface area contributed by atoms with E-state index in [0.29, 0.717) is 46.4 Å². The first-order valence-electron chi connectivity index (χ1n) is 8.94. The highest BCUT2D eigenvalue weighted by molar-refractivity contribution is 7.13. The van der Waals surface area contributed by atoms with Crippen molar-refractivity contribution in [3.05, 3.63) is 44.3 Å². The van der Waals surface area contributed by atoms with Gasteiger partial charge in [-0.3, -0.25) is 9.59 Å². The third-order valence-electron chi connectivity index (χ3n) is 5.36. The van der Waals surface area contributed by atoms with Crippen molar-refractivity contribution in [1.82, 2.24) is 10.3 Å². The average molecular weight is 479 g/mol. The molecule has 0 aliphatic heterocycles. The molecular formula is C19H15Cl2F3N2O3S. The van der Waals surface area contributed by atoms with E-state index in [1.165, 1.54) is 6.07 Å². The number of benzene rings is 1. The number of nitrogens with one attached hydrogen (secondary N) is 1. The zero-order chi connectivity index (χ0) is 21.7. The van der Waals surface area contributed by atoms with E-state index in [1.54, 1.807) is 12.1 Å². The minimum Gasteiger partial charge on any atom is -0.484 e. The summed E-state index contributed by atoms with van der Waals surface area (Å²) in [7, 11) is 0. The maximum atomic E-state index is 12.6. The Morgan fingerprint density at radius 1 is 1.20 bits per heavy atom. The van der Waals surface area contributed by atoms with Crippen LogP contribution in [0.1, 0.15) is 40.4 Å². The van der Waals surface area contributed by atoms with E-state index >= 15 is 0 Å². The number of carbonyl (C=O) groups is 2. The summed E-state index contributed by atoms with van der Waals surface area (Å²) < 4.78 is 43.3. The van der Waals surface area contributed by atoms with Crippen molar-refractivity contribution >= 4 is 46.2 Å². The van der Waals surface area contributed by atoms with Gasteiger partial charge in [-0.25, -0.2) is 4.98 Å². The molecule has 5 rings (SSSR count). The van der Waals surface area contributed by atoms with E-state index in [-0.39, 0.29) is 40.5 Å². The number of aromatic nitrogens is 1. The fourth-order valence-electron chi connectivity index (χ4n) is 4.33. The number of amides is 1. The lowest BCUT2D eigenvalue weighted by molar-refractivity contribution is -0.164. The highest BCUT2D eigenvalue weighted by Crippen LogP contribution is 2.69. The number of hydrogen-bond donors (Lipinski definition) is 1. The number of rotatable bonds is 7. The number of alkyl halides is 3. The molecule has 0 radical (unpaired) electrons. The second-order valence-electron chi connectivity index (χ2n) is 7.85. The molecule has 1 aromatic heterocycles. The molecule has 1 aromatic carbocycles. The van der Waals surface area contributed by atoms with Crippen molar-refractivity contribution in [3.8, 4) is 5.75 Å². The maximum absolute atomic E-state index is 12.6. The number of Topliss-reactive ketones (excluding diaryl/α,β-unsaturated/α-hetero) is 1. The van der Waals surface area contributed by atoms with Gasteiger partial charge in [0.15, 0.2) is 17.4 Å². The second kappa shape index (κ2) is 7.39. The number of nitrogens with zero attached hydrogens (tertiary/aromatic N) is 1. The van der Waals surface area contributed by atoms with Crippen molar-refractivity contribution in [2.24, 2.45) is 5.41 Å². The van der Waals surface area contributed by atoms with Crippen LogP contribution in [0.3, 0.4) is 0 Å². The Kier molecular flexibility index (Phi) is 5.27. The number of hydrogen-bond acceptors (Lipinski definition) is 5. The molecule has 0 saturated heterocycles. The quantitative estimate of drug-likeness (QED) is 0.558. The van der Waals surface area contributed by atoms with Crippen LogP contribution in [0.15, 0.2) is 24.4 Å². The molecule has 3 aliphatic carbocycles. The van der Waals surface area contributed by atoms with Crippen LogP contribution in [0.4, 0.5) is 13.2 Å². The van der Waals surface area contributed by atoms with Crippen molar-refractivity contribution in [3.63, 3.8) is 0 Å². The van der Waals surface area contributed by atoms with Crippen molar-refractivity contribution in [1.29, 1.82) is 0 Å². The Bertz CT molecular complexity index is 1000. The second-order valence-corrected chi connectivity index (χ2v) is 9.70. The van der Waals surface area contributed by atoms with Gasteiger partial charge in [0.25, 0.3) is 5.91 Å². The van der Waals surface area contributed by atoms with Crippen LogP contribution in [0.5, 0.6) is 5.75 Å². The number of thiazole rings is 1. The molecule has 3 saturated carbocycles. The minimum atomic E-state index is -4.55. The van der Waals surface area contributed by atoms with Gasteiger partial charge in [-0.1, -0.05) is 23.2 Å². The van der Waals surface area contributed by atoms with Gasteiger partial charge in [-0.15, -0.1) is 11.3 Å². The summed E-state index contributed by atoms with van der Waals surface area (Å²) in [5, 5.41) is 2.61. The van der Waals surface area contributed by atoms with Crippen molar-refractivity contribution in [2.75, 3.05) is 6.61 Å². The largest absolute Gasteiger partial charge is 0.484 e. The summed E-state index contributed by atoms with van der Waals surface area (Å²) in [4.78, 5) is 27.8. The molecule has 1 N–H and O–H groups in total. The first-order valence-corrected chi connectivity index (χ1v) is 10.5. The van der Waals surface area contributed by atoms with Crippen LogP contribution in [-0.2, 0) is 11.0 Å². The van der Waals surface area contributed by atoms with Gasteiger partial charge in [-0.05, 0) is 36.8 Å². The van der Waals surface area contributed by atoms with Crippen LogP contribution in [0.25, 0.3) is 0 Å². The lowest BCUT2D eigenvalue weighted by Gasteiger charge is -2.70. The topological polar surface area (TPSA) is 68.3 Å². The third-order valence-corrected chi connectivity index (χ3v) is 7.19. The van der Waals surface area contributed by atoms with Crippen LogP contribution in [0, 0.1) is 5.41 Å². The molecule has 1 heterocycles. The molecule has 1 amide bonds. The summed E-state index contributed by atoms with van der Waals surface area (Å²) in [6.45, 7) is -0.188. The first-order chi connectivity index (χ1) is 14.0. The van der Waals surface area contributed by atoms with E-state index in [0.717, 1.165) is 6.20 Å². The fraction of sp³-hybridized carbons (Fsp3) is 0.421. The monoisotopic (exact) mass is 478 g/mol. The fourth-order valence-corrected chi connectivity index (χ4v) is 5.34. The zero-order valence-corrected chi connectivity index (χ0v) is 17.6. The molecule has 0 atom stereocenters. The van der Waals surface area contributed by atoms with E-state index in [2.05, 4.69) is 10.3 Å². The zero-order valence-electron chi connectivity index (χ0n) is 15.3. The Morgan fingerprint density at radius 2 is 1.90 bits per heavy atom. The summed E-state index contributed by atoms with van der Waals surface area (Å²) in [6.07, 6.45) is -1.55. The molecule has 3 aliphatic rings. The number of halogens is 5. The van der Waals surface area contributed by atoms with Gasteiger partial charge in [0.1, 0.15) is 5.75 Å². The molecular weight excluding hydrogens is 464 g/mol. The van der Waals surface area contributed by atoms with E-state index in [9.17, 15) is 22.8 Å². The lowest BCUT2D eigenvalue weighted by Crippen LogP contribution is -2.75. The van der Waals surface area contributed by atoms with Crippen molar-refractivity contribution in [2.45, 2.75) is 37.4 Å². The maximum Gasteiger partial charge on any atom is 0.443 e. The van der Waals surface area contributed by atoms with Crippen LogP contribution in [-0.4, -0.2) is 28.8 Å². The number of ether oxygens (including phenoxy) is 1. The Balaban J connectivity index is 1.24. The highest BCUT2D eigenvalue weighted by atomic mass is 35.5. The summed E-state index contributed by atoms with van der Waals surface area (Å²) in [5.41, 5.74) is -0.611. The van der Waals surface area contributed by atoms with Gasteiger partial charge in [0, 0.05) is 24.2 Å². The lowest BCUT2D eigenvalue weighted by atomic mass is 9.38. The average Bonchev–Trinajstić information content (AvgIpc) is 3.10. The minimum absolute atomic E-state index is 0.0140. The molecule has 0 unspecified atom stereocenters. The van der Waals surface area contributed by atoms with Crippen molar-refractivity contribution < 1.29 is 27.5 Å². The molecule has 160 valence electrons. The van der Waals surface area contributed by atoms with Gasteiger partial charge < -0.3 is 10.1 Å². The van der Waals surface area contributed by atoms with E-state index in [4.69, 9.17) is 27.9 Å². The molecule has 30 heavy (non-hydrogen) atoms. The van der Waals surface area contributed by atoms with Gasteiger partial charge in [0.2, 0.25) is 0 Å². The standard InChI is InChI=1S/C19H15Cl2F3N2O3S/c20-11-2-1-10(3-12(11)21)29-6-15(28)26-18-7-17(8-18,9-18)4-13(27)14-5-25-16(30-14)19(22,23)24/h1-3,5H,4,6-9H2,(H,26,28). The predicted molar refractivity (Wildman–Crippen MR) is 105 cm³/mol. The van der Waals surface area contributed by atoms with Crippen LogP contribution < -0.4 is 10.1 Å². The number of carbonyl (C=O) groups excluding carboxylic acids is 2. The molecule has 3 fully saturated rings. The highest BCUT2D eigenvalue weighted by Gasteiger charge is 2.68. The smallest absolute Gasteiger partial charge is 0.443 e. The molecule has 2 aromatic rings. The Morgan fingerprint density at radius 3 is 2.50 bits per heavy atom. The SMILES string of the molecule is O=C(COc1ccc(Cl)c(Cl)c1)NC12CC(CC(=O)c3cnc(C(F)(F)F)s3)(C1)C2. The number of ketones is 1. The Labute approximate surface area is 183 Å². The van der Waals surface area contributed by atoms with E-state index < -0.39 is 11.2 Å². The van der Waals surface area contributed by atoms with E-state index in [1.807, 2.05) is 0 Å². The predicted octanol–water partition coefficient (Wildman–Crippen LogP) is 5.16. The molecule has 0 spiro atoms. The van der Waals surface area contributed by atoms with Crippen LogP contribution in [0.2, 0.25) is 10.0 Å². The van der Waals surface area contributed by atoms with Crippen LogP contribution >= 0.6 is 34.5 Å². The molecule has 2 bridgehead atoms. The van der Waals surface area contributed by atoms with Gasteiger partial charge in [0.05, 0.1) is 14.9 Å². The summed E-state index contributed by atoms with van der Waals surface area (Å²) in [6, 6.07) is 4.69. The Hall–Kier alpha value is -1.84. The first kappa shape index (κ1) is 21.4. The molecule has 11 heteroatoms. The molecule has 5 nitrogen and oxygen atoms in total. The summed E-state index contributed by atoms with van der Waals surface area (Å²) in [5.74, 6) is -0.217. The summed E-state index contributed by atoms with van der Waals surface area (Å²) >= 11 is 12.1. The van der Waals surface area contributed by atoms with Gasteiger partial charge >= 0.3 is 6.18 Å². The normalized spacial score (nSPS) is 24.6. The third kappa shape index (κ3) is 4.15. The van der Waals surface area contributed by atoms with Gasteiger partial charge in [-0.2, -0.15) is 13.2 Å².